The zero-order chi connectivity index (χ0) is 13.1. The van der Waals surface area contributed by atoms with E-state index >= 15 is 0 Å². The van der Waals surface area contributed by atoms with Crippen LogP contribution in [0.4, 0.5) is 0 Å². The normalized spacial score (nSPS) is 36.1. The fraction of sp³-hybridized carbons (Fsp3) is 0.647. The summed E-state index contributed by atoms with van der Waals surface area (Å²) in [6, 6.07) is 10.9. The number of nitrogens with one attached hydrogen (secondary N) is 1. The molecule has 1 saturated carbocycles. The molecule has 1 aliphatic heterocycles. The summed E-state index contributed by atoms with van der Waals surface area (Å²) in [5.41, 5.74) is 0.775. The second-order valence-corrected chi connectivity index (χ2v) is 6.20. The number of aliphatic hydroxyl groups is 1. The van der Waals surface area contributed by atoms with Crippen LogP contribution in [-0.2, 0) is 0 Å². The summed E-state index contributed by atoms with van der Waals surface area (Å²) in [6.45, 7) is 1.06. The van der Waals surface area contributed by atoms with Crippen LogP contribution >= 0.6 is 0 Å². The Morgan fingerprint density at radius 1 is 1.00 bits per heavy atom. The van der Waals surface area contributed by atoms with Gasteiger partial charge in [-0.05, 0) is 37.8 Å². The molecule has 3 unspecified atom stereocenters. The Balaban J connectivity index is 1.87. The Morgan fingerprint density at radius 2 is 1.79 bits per heavy atom. The van der Waals surface area contributed by atoms with Gasteiger partial charge in [-0.1, -0.05) is 49.6 Å². The molecule has 3 atom stereocenters. The number of benzene rings is 1. The van der Waals surface area contributed by atoms with Crippen LogP contribution < -0.4 is 5.32 Å². The first-order chi connectivity index (χ1) is 9.31. The zero-order valence-electron chi connectivity index (χ0n) is 11.6. The maximum atomic E-state index is 11.3. The molecular weight excluding hydrogens is 234 g/mol. The Bertz CT molecular complexity index is 399. The minimum Gasteiger partial charge on any atom is -0.388 e. The summed E-state index contributed by atoms with van der Waals surface area (Å²) in [6.07, 6.45) is 8.11. The highest BCUT2D eigenvalue weighted by atomic mass is 16.3. The first kappa shape index (κ1) is 13.1. The third kappa shape index (κ3) is 2.56. The fourth-order valence-electron chi connectivity index (χ4n) is 4.02. The minimum atomic E-state index is -0.542. The quantitative estimate of drug-likeness (QED) is 0.854. The average Bonchev–Trinajstić information content (AvgIpc) is 2.49. The van der Waals surface area contributed by atoms with Crippen molar-refractivity contribution in [1.82, 2.24) is 5.32 Å². The van der Waals surface area contributed by atoms with Crippen molar-refractivity contribution in [1.29, 1.82) is 0 Å². The molecule has 0 bridgehead atoms. The van der Waals surface area contributed by atoms with Crippen LogP contribution in [-0.4, -0.2) is 23.3 Å². The van der Waals surface area contributed by atoms with Crippen LogP contribution in [0.5, 0.6) is 0 Å². The lowest BCUT2D eigenvalue weighted by Crippen LogP contribution is -2.57. The molecule has 1 aromatic rings. The Morgan fingerprint density at radius 3 is 2.53 bits per heavy atom. The summed E-state index contributed by atoms with van der Waals surface area (Å²) < 4.78 is 0. The van der Waals surface area contributed by atoms with Crippen molar-refractivity contribution in [2.45, 2.75) is 62.5 Å². The van der Waals surface area contributed by atoms with E-state index in [0.717, 1.165) is 32.2 Å². The lowest BCUT2D eigenvalue weighted by Gasteiger charge is -2.47. The smallest absolute Gasteiger partial charge is 0.0868 e. The van der Waals surface area contributed by atoms with Gasteiger partial charge in [-0.25, -0.2) is 0 Å². The topological polar surface area (TPSA) is 32.3 Å². The van der Waals surface area contributed by atoms with Crippen molar-refractivity contribution < 1.29 is 5.11 Å². The summed E-state index contributed by atoms with van der Waals surface area (Å²) in [5.74, 6) is 0.304. The standard InChI is InChI=1S/C17H25NO/c19-17(16-11-5-7-13-18-16)12-6-4-10-15(17)14-8-2-1-3-9-14/h1-3,8-9,15-16,18-19H,4-7,10-13H2. The van der Waals surface area contributed by atoms with Crippen molar-refractivity contribution in [2.24, 2.45) is 0 Å². The predicted octanol–water partition coefficient (Wildman–Crippen LogP) is 3.22. The van der Waals surface area contributed by atoms with Gasteiger partial charge in [0, 0.05) is 12.0 Å². The van der Waals surface area contributed by atoms with E-state index in [0.29, 0.717) is 5.92 Å². The highest BCUT2D eigenvalue weighted by molar-refractivity contribution is 5.25. The van der Waals surface area contributed by atoms with Gasteiger partial charge in [-0.3, -0.25) is 0 Å². The van der Waals surface area contributed by atoms with Crippen LogP contribution in [0.2, 0.25) is 0 Å². The molecule has 2 aliphatic rings. The van der Waals surface area contributed by atoms with Crippen molar-refractivity contribution in [3.63, 3.8) is 0 Å². The lowest BCUT2D eigenvalue weighted by molar-refractivity contribution is -0.0558. The molecule has 1 heterocycles. The Kier molecular flexibility index (Phi) is 3.90. The van der Waals surface area contributed by atoms with Gasteiger partial charge in [0.2, 0.25) is 0 Å². The molecule has 1 aromatic carbocycles. The van der Waals surface area contributed by atoms with E-state index in [-0.39, 0.29) is 6.04 Å². The summed E-state index contributed by atoms with van der Waals surface area (Å²) >= 11 is 0. The van der Waals surface area contributed by atoms with Gasteiger partial charge in [0.25, 0.3) is 0 Å². The van der Waals surface area contributed by atoms with Gasteiger partial charge in [0.1, 0.15) is 0 Å². The van der Waals surface area contributed by atoms with Crippen molar-refractivity contribution in [3.05, 3.63) is 35.9 Å². The average molecular weight is 259 g/mol. The van der Waals surface area contributed by atoms with Crippen LogP contribution in [0.1, 0.15) is 56.4 Å². The van der Waals surface area contributed by atoms with Gasteiger partial charge in [-0.2, -0.15) is 0 Å². The molecule has 0 radical (unpaired) electrons. The predicted molar refractivity (Wildman–Crippen MR) is 78.2 cm³/mol. The molecule has 104 valence electrons. The Hall–Kier alpha value is -0.860. The van der Waals surface area contributed by atoms with Crippen LogP contribution in [0.15, 0.2) is 30.3 Å². The molecular formula is C17H25NO. The summed E-state index contributed by atoms with van der Waals surface area (Å²) in [7, 11) is 0. The van der Waals surface area contributed by atoms with Crippen molar-refractivity contribution in [2.75, 3.05) is 6.54 Å². The first-order valence-electron chi connectivity index (χ1n) is 7.81. The summed E-state index contributed by atoms with van der Waals surface area (Å²) in [4.78, 5) is 0. The monoisotopic (exact) mass is 259 g/mol. The maximum Gasteiger partial charge on any atom is 0.0868 e. The van der Waals surface area contributed by atoms with Gasteiger partial charge in [-0.15, -0.1) is 0 Å². The molecule has 2 fully saturated rings. The van der Waals surface area contributed by atoms with Gasteiger partial charge >= 0.3 is 0 Å². The Labute approximate surface area is 116 Å². The largest absolute Gasteiger partial charge is 0.388 e. The van der Waals surface area contributed by atoms with E-state index in [4.69, 9.17) is 0 Å². The van der Waals surface area contributed by atoms with Crippen molar-refractivity contribution >= 4 is 0 Å². The molecule has 0 aromatic heterocycles. The number of rotatable bonds is 2. The maximum absolute atomic E-state index is 11.3. The molecule has 19 heavy (non-hydrogen) atoms. The molecule has 2 N–H and O–H groups in total. The number of hydrogen-bond donors (Lipinski definition) is 2. The second-order valence-electron chi connectivity index (χ2n) is 6.20. The third-order valence-corrected chi connectivity index (χ3v) is 5.04. The van der Waals surface area contributed by atoms with Crippen LogP contribution in [0.3, 0.4) is 0 Å². The van der Waals surface area contributed by atoms with E-state index in [1.165, 1.54) is 24.8 Å². The molecule has 2 heteroatoms. The van der Waals surface area contributed by atoms with Crippen LogP contribution in [0, 0.1) is 0 Å². The van der Waals surface area contributed by atoms with Gasteiger partial charge in [0.05, 0.1) is 5.60 Å². The first-order valence-corrected chi connectivity index (χ1v) is 7.81. The van der Waals surface area contributed by atoms with Crippen molar-refractivity contribution in [3.8, 4) is 0 Å². The third-order valence-electron chi connectivity index (χ3n) is 5.04. The van der Waals surface area contributed by atoms with E-state index in [9.17, 15) is 5.11 Å². The van der Waals surface area contributed by atoms with E-state index in [2.05, 4.69) is 35.6 Å². The van der Waals surface area contributed by atoms with E-state index < -0.39 is 5.60 Å². The molecule has 1 saturated heterocycles. The summed E-state index contributed by atoms with van der Waals surface area (Å²) in [5, 5.41) is 14.9. The molecule has 3 rings (SSSR count). The lowest BCUT2D eigenvalue weighted by atomic mass is 9.67. The highest BCUT2D eigenvalue weighted by Gasteiger charge is 2.45. The second kappa shape index (κ2) is 5.64. The van der Waals surface area contributed by atoms with E-state index in [1.54, 1.807) is 0 Å². The van der Waals surface area contributed by atoms with Gasteiger partial charge in [0.15, 0.2) is 0 Å². The van der Waals surface area contributed by atoms with E-state index in [1.807, 2.05) is 0 Å². The van der Waals surface area contributed by atoms with Gasteiger partial charge < -0.3 is 10.4 Å². The number of piperidine rings is 1. The molecule has 1 aliphatic carbocycles. The molecule has 0 amide bonds. The molecule has 2 nitrogen and oxygen atoms in total. The fourth-order valence-corrected chi connectivity index (χ4v) is 4.02. The van der Waals surface area contributed by atoms with Crippen LogP contribution in [0.25, 0.3) is 0 Å². The highest BCUT2D eigenvalue weighted by Crippen LogP contribution is 2.44. The molecule has 0 spiro atoms. The zero-order valence-corrected chi connectivity index (χ0v) is 11.6. The number of hydrogen-bond acceptors (Lipinski definition) is 2. The minimum absolute atomic E-state index is 0.284. The SMILES string of the molecule is OC1(C2CCCCN2)CCCCC1c1ccccc1.